The first-order chi connectivity index (χ1) is 8.19. The molecule has 0 spiro atoms. The van der Waals surface area contributed by atoms with E-state index in [1.165, 1.54) is 5.56 Å². The predicted octanol–water partition coefficient (Wildman–Crippen LogP) is 3.50. The van der Waals surface area contributed by atoms with Gasteiger partial charge >= 0.3 is 0 Å². The summed E-state index contributed by atoms with van der Waals surface area (Å²) in [6, 6.07) is 5.86. The molecule has 0 fully saturated rings. The lowest BCUT2D eigenvalue weighted by Crippen LogP contribution is -1.98. The number of aryl methyl sites for hydroxylation is 1. The zero-order valence-electron chi connectivity index (χ0n) is 10.2. The number of benzene rings is 1. The van der Waals surface area contributed by atoms with Crippen molar-refractivity contribution < 1.29 is 4.74 Å². The summed E-state index contributed by atoms with van der Waals surface area (Å²) in [5, 5.41) is 4.75. The van der Waals surface area contributed by atoms with Gasteiger partial charge in [-0.2, -0.15) is 0 Å². The molecular formula is C13H15ClN2O. The Kier molecular flexibility index (Phi) is 3.38. The number of hydrogen-bond donors (Lipinski definition) is 1. The van der Waals surface area contributed by atoms with E-state index in [0.29, 0.717) is 10.8 Å². The van der Waals surface area contributed by atoms with Gasteiger partial charge in [-0.1, -0.05) is 18.5 Å². The molecule has 0 amide bonds. The summed E-state index contributed by atoms with van der Waals surface area (Å²) in [4.78, 5) is 4.56. The van der Waals surface area contributed by atoms with Gasteiger partial charge in [0, 0.05) is 18.5 Å². The molecule has 3 nitrogen and oxygen atoms in total. The third-order valence-corrected chi connectivity index (χ3v) is 3.08. The Morgan fingerprint density at radius 1 is 1.35 bits per heavy atom. The summed E-state index contributed by atoms with van der Waals surface area (Å²) < 4.78 is 5.19. The minimum absolute atomic E-state index is 0.612. The number of fused-ring (bicyclic) bond motifs is 1. The normalized spacial score (nSPS) is 10.6. The van der Waals surface area contributed by atoms with Gasteiger partial charge < -0.3 is 10.1 Å². The van der Waals surface area contributed by atoms with Crippen LogP contribution in [0.25, 0.3) is 10.9 Å². The Hall–Kier alpha value is -1.48. The van der Waals surface area contributed by atoms with E-state index < -0.39 is 0 Å². The quantitative estimate of drug-likeness (QED) is 0.905. The van der Waals surface area contributed by atoms with Gasteiger partial charge in [0.1, 0.15) is 11.6 Å². The van der Waals surface area contributed by atoms with Crippen LogP contribution in [0.2, 0.25) is 5.02 Å². The molecule has 0 aliphatic carbocycles. The molecule has 0 unspecified atom stereocenters. The molecule has 0 aliphatic heterocycles. The Morgan fingerprint density at radius 2 is 2.12 bits per heavy atom. The molecule has 4 heteroatoms. The second-order valence-electron chi connectivity index (χ2n) is 3.78. The minimum Gasteiger partial charge on any atom is -0.495 e. The van der Waals surface area contributed by atoms with Crippen LogP contribution in [0.4, 0.5) is 5.82 Å². The van der Waals surface area contributed by atoms with Crippen LogP contribution in [0.3, 0.4) is 0 Å². The fourth-order valence-electron chi connectivity index (χ4n) is 1.86. The molecule has 2 aromatic rings. The van der Waals surface area contributed by atoms with E-state index in [1.807, 2.05) is 19.2 Å². The van der Waals surface area contributed by atoms with Crippen molar-refractivity contribution >= 4 is 28.3 Å². The summed E-state index contributed by atoms with van der Waals surface area (Å²) in [7, 11) is 3.48. The van der Waals surface area contributed by atoms with E-state index in [4.69, 9.17) is 16.3 Å². The van der Waals surface area contributed by atoms with Gasteiger partial charge in [-0.25, -0.2) is 4.98 Å². The topological polar surface area (TPSA) is 34.1 Å². The highest BCUT2D eigenvalue weighted by molar-refractivity contribution is 6.32. The fraction of sp³-hybridized carbons (Fsp3) is 0.308. The number of aromatic nitrogens is 1. The number of anilines is 1. The Bertz CT molecular complexity index is 555. The molecule has 1 heterocycles. The number of methoxy groups -OCH3 is 1. The van der Waals surface area contributed by atoms with Gasteiger partial charge in [0.05, 0.1) is 17.6 Å². The SMILES string of the molecule is CCc1cc2cc(Cl)c(OC)cc2nc1NC. The summed E-state index contributed by atoms with van der Waals surface area (Å²) >= 11 is 6.10. The van der Waals surface area contributed by atoms with Crippen LogP contribution in [0.5, 0.6) is 5.75 Å². The molecule has 0 aliphatic rings. The van der Waals surface area contributed by atoms with Gasteiger partial charge in [-0.3, -0.25) is 0 Å². The average Bonchev–Trinajstić information content (AvgIpc) is 2.36. The van der Waals surface area contributed by atoms with Crippen molar-refractivity contribution in [1.82, 2.24) is 4.98 Å². The lowest BCUT2D eigenvalue weighted by atomic mass is 10.1. The van der Waals surface area contributed by atoms with Crippen LogP contribution in [0.15, 0.2) is 18.2 Å². The summed E-state index contributed by atoms with van der Waals surface area (Å²) in [6.07, 6.45) is 0.933. The molecule has 1 N–H and O–H groups in total. The smallest absolute Gasteiger partial charge is 0.139 e. The summed E-state index contributed by atoms with van der Waals surface area (Å²) in [6.45, 7) is 2.11. The van der Waals surface area contributed by atoms with Crippen molar-refractivity contribution in [2.75, 3.05) is 19.5 Å². The average molecular weight is 251 g/mol. The predicted molar refractivity (Wildman–Crippen MR) is 72.2 cm³/mol. The maximum Gasteiger partial charge on any atom is 0.139 e. The van der Waals surface area contributed by atoms with Gasteiger partial charge in [0.2, 0.25) is 0 Å². The van der Waals surface area contributed by atoms with Crippen LogP contribution in [0, 0.1) is 0 Å². The number of nitrogens with zero attached hydrogens (tertiary/aromatic N) is 1. The third kappa shape index (κ3) is 2.15. The second-order valence-corrected chi connectivity index (χ2v) is 4.19. The number of halogens is 1. The maximum atomic E-state index is 6.10. The maximum absolute atomic E-state index is 6.10. The highest BCUT2D eigenvalue weighted by Crippen LogP contribution is 2.31. The van der Waals surface area contributed by atoms with E-state index >= 15 is 0 Å². The van der Waals surface area contributed by atoms with Crippen molar-refractivity contribution in [1.29, 1.82) is 0 Å². The van der Waals surface area contributed by atoms with Crippen LogP contribution in [-0.2, 0) is 6.42 Å². The number of nitrogens with one attached hydrogen (secondary N) is 1. The third-order valence-electron chi connectivity index (χ3n) is 2.78. The molecule has 2 rings (SSSR count). The number of ether oxygens (including phenoxy) is 1. The largest absolute Gasteiger partial charge is 0.495 e. The van der Waals surface area contributed by atoms with Crippen molar-refractivity contribution in [3.63, 3.8) is 0 Å². The van der Waals surface area contributed by atoms with E-state index in [-0.39, 0.29) is 0 Å². The minimum atomic E-state index is 0.612. The van der Waals surface area contributed by atoms with Crippen LogP contribution >= 0.6 is 11.6 Å². The molecule has 1 aromatic heterocycles. The molecule has 0 atom stereocenters. The summed E-state index contributed by atoms with van der Waals surface area (Å²) in [5.41, 5.74) is 2.06. The highest BCUT2D eigenvalue weighted by Gasteiger charge is 2.08. The van der Waals surface area contributed by atoms with Gasteiger partial charge in [0.15, 0.2) is 0 Å². The van der Waals surface area contributed by atoms with Crippen LogP contribution < -0.4 is 10.1 Å². The number of pyridine rings is 1. The molecule has 1 aromatic carbocycles. The van der Waals surface area contributed by atoms with Crippen molar-refractivity contribution in [2.45, 2.75) is 13.3 Å². The van der Waals surface area contributed by atoms with Crippen LogP contribution in [-0.4, -0.2) is 19.1 Å². The fourth-order valence-corrected chi connectivity index (χ4v) is 2.11. The molecule has 0 bridgehead atoms. The standard InChI is InChI=1S/C13H15ClN2O/c1-4-8-5-9-6-10(14)12(17-3)7-11(9)16-13(8)15-2/h5-7H,4H2,1-3H3,(H,15,16). The second kappa shape index (κ2) is 4.80. The zero-order valence-corrected chi connectivity index (χ0v) is 10.9. The Balaban J connectivity index is 2.70. The Morgan fingerprint density at radius 3 is 2.71 bits per heavy atom. The summed E-state index contributed by atoms with van der Waals surface area (Å²) in [5.74, 6) is 1.56. The monoisotopic (exact) mass is 250 g/mol. The Labute approximate surface area is 106 Å². The van der Waals surface area contributed by atoms with Crippen molar-refractivity contribution in [3.05, 3.63) is 28.8 Å². The first-order valence-corrected chi connectivity index (χ1v) is 5.92. The van der Waals surface area contributed by atoms with E-state index in [9.17, 15) is 0 Å². The van der Waals surface area contributed by atoms with E-state index in [2.05, 4.69) is 23.3 Å². The van der Waals surface area contributed by atoms with Crippen LogP contribution in [0.1, 0.15) is 12.5 Å². The van der Waals surface area contributed by atoms with Gasteiger partial charge in [-0.05, 0) is 24.1 Å². The van der Waals surface area contributed by atoms with E-state index in [0.717, 1.165) is 23.1 Å². The lowest BCUT2D eigenvalue weighted by Gasteiger charge is -2.10. The lowest BCUT2D eigenvalue weighted by molar-refractivity contribution is 0.415. The molecule has 90 valence electrons. The van der Waals surface area contributed by atoms with Crippen molar-refractivity contribution in [2.24, 2.45) is 0 Å². The number of rotatable bonds is 3. The zero-order chi connectivity index (χ0) is 12.4. The van der Waals surface area contributed by atoms with E-state index in [1.54, 1.807) is 7.11 Å². The van der Waals surface area contributed by atoms with Gasteiger partial charge in [-0.15, -0.1) is 0 Å². The first-order valence-electron chi connectivity index (χ1n) is 5.54. The highest BCUT2D eigenvalue weighted by atomic mass is 35.5. The molecule has 0 saturated heterocycles. The molecule has 17 heavy (non-hydrogen) atoms. The van der Waals surface area contributed by atoms with Crippen molar-refractivity contribution in [3.8, 4) is 5.75 Å². The number of hydrogen-bond acceptors (Lipinski definition) is 3. The van der Waals surface area contributed by atoms with Gasteiger partial charge in [0.25, 0.3) is 0 Å². The molecule has 0 radical (unpaired) electrons. The first kappa shape index (κ1) is 12.0. The molecule has 0 saturated carbocycles. The molecular weight excluding hydrogens is 236 g/mol.